The van der Waals surface area contributed by atoms with Gasteiger partial charge in [-0.2, -0.15) is 0 Å². The van der Waals surface area contributed by atoms with Gasteiger partial charge in [-0.3, -0.25) is 0 Å². The van der Waals surface area contributed by atoms with Crippen molar-refractivity contribution in [3.63, 3.8) is 0 Å². The molecule has 46 valence electrons. The molecule has 0 aliphatic rings. The molecule has 0 spiro atoms. The molecule has 0 amide bonds. The lowest BCUT2D eigenvalue weighted by Crippen LogP contribution is -1.75. The van der Waals surface area contributed by atoms with Gasteiger partial charge in [-0.05, 0) is 11.2 Å². The van der Waals surface area contributed by atoms with Crippen molar-refractivity contribution in [2.45, 2.75) is 20.2 Å². The molecule has 0 aromatic carbocycles. The highest BCUT2D eigenvalue weighted by Crippen LogP contribution is 1.98. The largest absolute Gasteiger partial charge is 0.148 e. The Bertz CT molecular complexity index is 53.5. The third-order valence-electron chi connectivity index (χ3n) is 0.814. The normalized spacial score (nSPS) is 10.2. The zero-order valence-corrected chi connectivity index (χ0v) is 6.50. The van der Waals surface area contributed by atoms with Crippen LogP contribution in [0.15, 0.2) is 11.4 Å². The molecule has 0 heterocycles. The van der Waals surface area contributed by atoms with E-state index in [1.807, 2.05) is 11.8 Å². The molecule has 0 rings (SSSR count). The lowest BCUT2D eigenvalue weighted by atomic mass is 9.76. The Hall–Kier alpha value is 0.155. The van der Waals surface area contributed by atoms with Gasteiger partial charge in [0.25, 0.3) is 0 Å². The summed E-state index contributed by atoms with van der Waals surface area (Å²) in [7, 11) is 1.23. The minimum atomic E-state index is 1.19. The van der Waals surface area contributed by atoms with Crippen LogP contribution in [-0.4, -0.2) is 13.0 Å². The van der Waals surface area contributed by atoms with Gasteiger partial charge in [0.1, 0.15) is 7.28 Å². The lowest BCUT2D eigenvalue weighted by Gasteiger charge is -1.81. The van der Waals surface area contributed by atoms with E-state index in [-0.39, 0.29) is 0 Å². The van der Waals surface area contributed by atoms with E-state index >= 15 is 0 Å². The fraction of sp³-hybridized carbons (Fsp3) is 0.667. The van der Waals surface area contributed by atoms with Crippen molar-refractivity contribution in [2.75, 3.05) is 5.75 Å². The summed E-state index contributed by atoms with van der Waals surface area (Å²) >= 11 is 1.87. The fourth-order valence-corrected chi connectivity index (χ4v) is 0.864. The van der Waals surface area contributed by atoms with Gasteiger partial charge in [-0.25, -0.2) is 0 Å². The van der Waals surface area contributed by atoms with Crippen LogP contribution in [-0.2, 0) is 0 Å². The van der Waals surface area contributed by atoms with Gasteiger partial charge in [-0.1, -0.05) is 20.2 Å². The van der Waals surface area contributed by atoms with E-state index in [1.165, 1.54) is 19.4 Å². The molecule has 0 aromatic heterocycles. The second-order valence-corrected chi connectivity index (χ2v) is 2.80. The van der Waals surface area contributed by atoms with Gasteiger partial charge in [0, 0.05) is 0 Å². The van der Waals surface area contributed by atoms with E-state index in [0.717, 1.165) is 0 Å². The van der Waals surface area contributed by atoms with Gasteiger partial charge < -0.3 is 0 Å². The molecule has 0 aliphatic heterocycles. The highest BCUT2D eigenvalue weighted by Gasteiger charge is 1.75. The second kappa shape index (κ2) is 7.15. The molecule has 8 heavy (non-hydrogen) atoms. The van der Waals surface area contributed by atoms with Crippen LogP contribution in [0.4, 0.5) is 0 Å². The van der Waals surface area contributed by atoms with Crippen LogP contribution >= 0.6 is 11.8 Å². The van der Waals surface area contributed by atoms with E-state index in [0.29, 0.717) is 0 Å². The molecule has 0 radical (unpaired) electrons. The Morgan fingerprint density at radius 2 is 2.25 bits per heavy atom. The Labute approximate surface area is 57.0 Å². The summed E-state index contributed by atoms with van der Waals surface area (Å²) in [6.45, 7) is 4.36. The zero-order chi connectivity index (χ0) is 6.24. The third-order valence-corrected chi connectivity index (χ3v) is 1.53. The fourth-order valence-electron chi connectivity index (χ4n) is 0.399. The van der Waals surface area contributed by atoms with E-state index < -0.39 is 0 Å². The third kappa shape index (κ3) is 6.15. The van der Waals surface area contributed by atoms with E-state index in [9.17, 15) is 0 Å². The maximum Gasteiger partial charge on any atom is 0.148 e. The van der Waals surface area contributed by atoms with Crippen molar-refractivity contribution in [3.8, 4) is 0 Å². The summed E-state index contributed by atoms with van der Waals surface area (Å²) in [4.78, 5) is 0. The first-order valence-electron chi connectivity index (χ1n) is 3.18. The molecule has 0 aliphatic carbocycles. The smallest absolute Gasteiger partial charge is 0.136 e. The SMILES string of the molecule is CCB/C=C\SCC. The van der Waals surface area contributed by atoms with Crippen LogP contribution in [0.25, 0.3) is 0 Å². The highest BCUT2D eigenvalue weighted by molar-refractivity contribution is 8.02. The minimum Gasteiger partial charge on any atom is -0.136 e. The van der Waals surface area contributed by atoms with Gasteiger partial charge in [0.05, 0.1) is 0 Å². The first kappa shape index (κ1) is 8.15. The Kier molecular flexibility index (Phi) is 7.29. The molecule has 0 bridgehead atoms. The Morgan fingerprint density at radius 1 is 1.50 bits per heavy atom. The van der Waals surface area contributed by atoms with Crippen LogP contribution in [0.1, 0.15) is 13.8 Å². The zero-order valence-electron chi connectivity index (χ0n) is 5.68. The van der Waals surface area contributed by atoms with E-state index in [1.54, 1.807) is 0 Å². The second-order valence-electron chi connectivity index (χ2n) is 1.62. The standard InChI is InChI=1S/C6H13BS/c1-3-7-5-6-8-4-2/h5-7H,3-4H2,1-2H3/b6-5-. The quantitative estimate of drug-likeness (QED) is 0.522. The van der Waals surface area contributed by atoms with Gasteiger partial charge >= 0.3 is 0 Å². The Balaban J connectivity index is 2.83. The maximum absolute atomic E-state index is 2.23. The van der Waals surface area contributed by atoms with Crippen LogP contribution in [0.5, 0.6) is 0 Å². The van der Waals surface area contributed by atoms with E-state index in [2.05, 4.69) is 25.2 Å². The summed E-state index contributed by atoms with van der Waals surface area (Å²) in [5, 5.41) is 2.18. The van der Waals surface area contributed by atoms with Crippen molar-refractivity contribution < 1.29 is 0 Å². The van der Waals surface area contributed by atoms with Gasteiger partial charge in [-0.15, -0.1) is 17.7 Å². The molecule has 0 aromatic rings. The average molecular weight is 128 g/mol. The van der Waals surface area contributed by atoms with Crippen molar-refractivity contribution in [3.05, 3.63) is 11.4 Å². The Morgan fingerprint density at radius 3 is 2.75 bits per heavy atom. The lowest BCUT2D eigenvalue weighted by molar-refractivity contribution is 1.46. The minimum absolute atomic E-state index is 1.19. The van der Waals surface area contributed by atoms with Crippen LogP contribution in [0, 0.1) is 0 Å². The number of thioether (sulfide) groups is 1. The number of hydrogen-bond donors (Lipinski definition) is 0. The summed E-state index contributed by atoms with van der Waals surface area (Å²) in [6, 6.07) is 0. The molecule has 0 saturated heterocycles. The predicted octanol–water partition coefficient (Wildman–Crippen LogP) is 2.09. The first-order chi connectivity index (χ1) is 3.91. The molecular weight excluding hydrogens is 115 g/mol. The predicted molar refractivity (Wildman–Crippen MR) is 44.9 cm³/mol. The van der Waals surface area contributed by atoms with Crippen molar-refractivity contribution in [2.24, 2.45) is 0 Å². The van der Waals surface area contributed by atoms with Crippen molar-refractivity contribution >= 4 is 19.0 Å². The van der Waals surface area contributed by atoms with Crippen LogP contribution in [0.2, 0.25) is 6.32 Å². The van der Waals surface area contributed by atoms with Gasteiger partial charge in [0.15, 0.2) is 0 Å². The summed E-state index contributed by atoms with van der Waals surface area (Å²) in [6.07, 6.45) is 1.26. The van der Waals surface area contributed by atoms with Crippen molar-refractivity contribution in [1.82, 2.24) is 0 Å². The summed E-state index contributed by atoms with van der Waals surface area (Å²) < 4.78 is 0. The average Bonchev–Trinajstić information content (AvgIpc) is 1.81. The number of rotatable bonds is 4. The highest BCUT2D eigenvalue weighted by atomic mass is 32.2. The number of hydrogen-bond acceptors (Lipinski definition) is 1. The van der Waals surface area contributed by atoms with Crippen LogP contribution in [0.3, 0.4) is 0 Å². The summed E-state index contributed by atoms with van der Waals surface area (Å²) in [5.41, 5.74) is 0. The summed E-state index contributed by atoms with van der Waals surface area (Å²) in [5.74, 6) is 3.42. The monoisotopic (exact) mass is 128 g/mol. The molecule has 0 nitrogen and oxygen atoms in total. The van der Waals surface area contributed by atoms with Gasteiger partial charge in [0.2, 0.25) is 0 Å². The van der Waals surface area contributed by atoms with Crippen molar-refractivity contribution in [1.29, 1.82) is 0 Å². The molecule has 0 atom stereocenters. The van der Waals surface area contributed by atoms with E-state index in [4.69, 9.17) is 0 Å². The topological polar surface area (TPSA) is 0 Å². The van der Waals surface area contributed by atoms with Crippen LogP contribution < -0.4 is 0 Å². The first-order valence-corrected chi connectivity index (χ1v) is 4.23. The maximum atomic E-state index is 2.23. The molecule has 0 N–H and O–H groups in total. The molecule has 0 fully saturated rings. The molecule has 0 saturated carbocycles. The molecule has 0 unspecified atom stereocenters. The molecule has 2 heteroatoms. The molecular formula is C6H13BS.